The Morgan fingerprint density at radius 1 is 1.32 bits per heavy atom. The Morgan fingerprint density at radius 2 is 1.95 bits per heavy atom. The summed E-state index contributed by atoms with van der Waals surface area (Å²) in [5.41, 5.74) is 5.84. The molecular weight excluding hydrogens is 261 g/mol. The normalized spacial score (nSPS) is 11.8. The standard InChI is InChI=1S/C11H11F3N4O/c1-6-3-4-7(15)8(5-6)18-10(19)17(2)9(16-18)11(12,13)14/h3-5H,15H2,1-2H3. The lowest BCUT2D eigenvalue weighted by molar-refractivity contribution is -0.147. The number of nitrogens with two attached hydrogens (primary N) is 1. The third-order valence-corrected chi connectivity index (χ3v) is 2.65. The van der Waals surface area contributed by atoms with Gasteiger partial charge in [-0.3, -0.25) is 4.57 Å². The molecule has 0 saturated carbocycles. The molecule has 0 radical (unpaired) electrons. The second-order valence-corrected chi connectivity index (χ2v) is 4.14. The number of halogens is 3. The summed E-state index contributed by atoms with van der Waals surface area (Å²) in [4.78, 5) is 11.8. The highest BCUT2D eigenvalue weighted by molar-refractivity contribution is 5.58. The molecule has 2 rings (SSSR count). The molecule has 2 N–H and O–H groups in total. The molecule has 0 aliphatic rings. The Balaban J connectivity index is 2.71. The molecule has 1 aromatic heterocycles. The fraction of sp³-hybridized carbons (Fsp3) is 0.273. The van der Waals surface area contributed by atoms with Crippen LogP contribution in [0.15, 0.2) is 23.0 Å². The molecule has 19 heavy (non-hydrogen) atoms. The molecule has 8 heteroatoms. The predicted molar refractivity (Wildman–Crippen MR) is 63.0 cm³/mol. The summed E-state index contributed by atoms with van der Waals surface area (Å²) in [6, 6.07) is 4.71. The van der Waals surface area contributed by atoms with E-state index in [1.807, 2.05) is 0 Å². The fourth-order valence-electron chi connectivity index (χ4n) is 1.68. The molecule has 2 aromatic rings. The van der Waals surface area contributed by atoms with Crippen LogP contribution in [0.5, 0.6) is 0 Å². The third-order valence-electron chi connectivity index (χ3n) is 2.65. The van der Waals surface area contributed by atoms with Crippen LogP contribution in [0.3, 0.4) is 0 Å². The van der Waals surface area contributed by atoms with Crippen LogP contribution >= 0.6 is 0 Å². The SMILES string of the molecule is Cc1ccc(N)c(-n2nc(C(F)(F)F)n(C)c2=O)c1. The van der Waals surface area contributed by atoms with Gasteiger partial charge in [0.1, 0.15) is 0 Å². The molecule has 0 aliphatic carbocycles. The maximum atomic E-state index is 12.7. The van der Waals surface area contributed by atoms with E-state index in [9.17, 15) is 18.0 Å². The molecule has 5 nitrogen and oxygen atoms in total. The van der Waals surface area contributed by atoms with Gasteiger partial charge in [-0.25, -0.2) is 4.79 Å². The van der Waals surface area contributed by atoms with E-state index >= 15 is 0 Å². The molecule has 0 amide bonds. The van der Waals surface area contributed by atoms with E-state index in [1.165, 1.54) is 12.1 Å². The first kappa shape index (κ1) is 13.2. The summed E-state index contributed by atoms with van der Waals surface area (Å²) in [5.74, 6) is -1.27. The molecule has 0 fully saturated rings. The highest BCUT2D eigenvalue weighted by atomic mass is 19.4. The van der Waals surface area contributed by atoms with Crippen LogP contribution in [-0.4, -0.2) is 14.3 Å². The fourth-order valence-corrected chi connectivity index (χ4v) is 1.68. The summed E-state index contributed by atoms with van der Waals surface area (Å²) in [6.07, 6.45) is -4.70. The minimum absolute atomic E-state index is 0.135. The zero-order valence-corrected chi connectivity index (χ0v) is 10.2. The number of nitrogens with zero attached hydrogens (tertiary/aromatic N) is 3. The van der Waals surface area contributed by atoms with E-state index in [0.717, 1.165) is 12.6 Å². The van der Waals surface area contributed by atoms with Crippen LogP contribution in [0.4, 0.5) is 18.9 Å². The van der Waals surface area contributed by atoms with E-state index in [2.05, 4.69) is 5.10 Å². The minimum atomic E-state index is -4.70. The van der Waals surface area contributed by atoms with Crippen LogP contribution in [0.2, 0.25) is 0 Å². The zero-order chi connectivity index (χ0) is 14.4. The highest BCUT2D eigenvalue weighted by Crippen LogP contribution is 2.27. The monoisotopic (exact) mass is 272 g/mol. The van der Waals surface area contributed by atoms with Gasteiger partial charge in [0.2, 0.25) is 5.82 Å². The summed E-state index contributed by atoms with van der Waals surface area (Å²) < 4.78 is 39.1. The Morgan fingerprint density at radius 3 is 2.47 bits per heavy atom. The molecule has 0 unspecified atom stereocenters. The van der Waals surface area contributed by atoms with Crippen molar-refractivity contribution in [2.75, 3.05) is 5.73 Å². The highest BCUT2D eigenvalue weighted by Gasteiger charge is 2.38. The summed E-state index contributed by atoms with van der Waals surface area (Å²) >= 11 is 0. The van der Waals surface area contributed by atoms with Gasteiger partial charge in [0.15, 0.2) is 0 Å². The van der Waals surface area contributed by atoms with Gasteiger partial charge in [0.05, 0.1) is 11.4 Å². The first-order chi connectivity index (χ1) is 8.71. The summed E-state index contributed by atoms with van der Waals surface area (Å²) in [6.45, 7) is 1.74. The van der Waals surface area contributed by atoms with E-state index in [4.69, 9.17) is 5.73 Å². The number of anilines is 1. The number of hydrogen-bond acceptors (Lipinski definition) is 3. The van der Waals surface area contributed by atoms with Gasteiger partial charge in [-0.15, -0.1) is 5.10 Å². The average Bonchev–Trinajstić information content (AvgIpc) is 2.59. The topological polar surface area (TPSA) is 65.8 Å². The summed E-state index contributed by atoms with van der Waals surface area (Å²) in [5, 5.41) is 3.31. The van der Waals surface area contributed by atoms with Crippen molar-refractivity contribution in [1.29, 1.82) is 0 Å². The molecule has 0 aliphatic heterocycles. The van der Waals surface area contributed by atoms with Crippen molar-refractivity contribution in [1.82, 2.24) is 14.3 Å². The number of hydrogen-bond donors (Lipinski definition) is 1. The van der Waals surface area contributed by atoms with E-state index in [0.29, 0.717) is 9.25 Å². The lowest BCUT2D eigenvalue weighted by Gasteiger charge is -2.05. The van der Waals surface area contributed by atoms with Crippen LogP contribution in [0.25, 0.3) is 5.69 Å². The first-order valence-electron chi connectivity index (χ1n) is 5.31. The van der Waals surface area contributed by atoms with Crippen molar-refractivity contribution in [2.24, 2.45) is 7.05 Å². The number of rotatable bonds is 1. The lowest BCUT2D eigenvalue weighted by atomic mass is 10.2. The van der Waals surface area contributed by atoms with Gasteiger partial charge >= 0.3 is 11.9 Å². The quantitative estimate of drug-likeness (QED) is 0.800. The van der Waals surface area contributed by atoms with Crippen molar-refractivity contribution >= 4 is 5.69 Å². The molecule has 0 saturated heterocycles. The Bertz CT molecular complexity index is 684. The van der Waals surface area contributed by atoms with Gasteiger partial charge < -0.3 is 5.73 Å². The van der Waals surface area contributed by atoms with Crippen LogP contribution in [0, 0.1) is 6.92 Å². The van der Waals surface area contributed by atoms with E-state index < -0.39 is 17.7 Å². The maximum absolute atomic E-state index is 12.7. The minimum Gasteiger partial charge on any atom is -0.397 e. The van der Waals surface area contributed by atoms with Gasteiger partial charge in [-0.05, 0) is 24.6 Å². The lowest BCUT2D eigenvalue weighted by Crippen LogP contribution is -2.24. The van der Waals surface area contributed by atoms with Crippen molar-refractivity contribution in [3.63, 3.8) is 0 Å². The molecule has 0 spiro atoms. The van der Waals surface area contributed by atoms with Crippen LogP contribution < -0.4 is 11.4 Å². The van der Waals surface area contributed by atoms with Crippen molar-refractivity contribution in [3.05, 3.63) is 40.1 Å². The molecule has 0 atom stereocenters. The Hall–Kier alpha value is -2.25. The Labute approximate surface area is 106 Å². The average molecular weight is 272 g/mol. The molecule has 102 valence electrons. The Kier molecular flexibility index (Phi) is 2.88. The smallest absolute Gasteiger partial charge is 0.397 e. The van der Waals surface area contributed by atoms with E-state index in [-0.39, 0.29) is 11.4 Å². The molecular formula is C11H11F3N4O. The molecule has 1 aromatic carbocycles. The second-order valence-electron chi connectivity index (χ2n) is 4.14. The second kappa shape index (κ2) is 4.15. The molecule has 1 heterocycles. The largest absolute Gasteiger partial charge is 0.451 e. The van der Waals surface area contributed by atoms with Crippen molar-refractivity contribution in [2.45, 2.75) is 13.1 Å². The third kappa shape index (κ3) is 2.20. The van der Waals surface area contributed by atoms with Crippen molar-refractivity contribution in [3.8, 4) is 5.69 Å². The van der Waals surface area contributed by atoms with Gasteiger partial charge in [0.25, 0.3) is 0 Å². The van der Waals surface area contributed by atoms with Crippen LogP contribution in [0.1, 0.15) is 11.4 Å². The summed E-state index contributed by atoms with van der Waals surface area (Å²) in [7, 11) is 1.01. The number of alkyl halides is 3. The predicted octanol–water partition coefficient (Wildman–Crippen LogP) is 1.48. The number of aromatic nitrogens is 3. The maximum Gasteiger partial charge on any atom is 0.451 e. The van der Waals surface area contributed by atoms with Crippen LogP contribution in [-0.2, 0) is 13.2 Å². The van der Waals surface area contributed by atoms with Gasteiger partial charge in [-0.2, -0.15) is 17.9 Å². The van der Waals surface area contributed by atoms with E-state index in [1.54, 1.807) is 13.0 Å². The molecule has 0 bridgehead atoms. The zero-order valence-electron chi connectivity index (χ0n) is 10.2. The number of benzene rings is 1. The number of aryl methyl sites for hydroxylation is 1. The number of nitrogen functional groups attached to an aromatic ring is 1. The first-order valence-corrected chi connectivity index (χ1v) is 5.31. The van der Waals surface area contributed by atoms with Gasteiger partial charge in [-0.1, -0.05) is 6.07 Å². The van der Waals surface area contributed by atoms with Crippen molar-refractivity contribution < 1.29 is 13.2 Å². The van der Waals surface area contributed by atoms with Gasteiger partial charge in [0, 0.05) is 7.05 Å².